The van der Waals surface area contributed by atoms with Gasteiger partial charge in [0.1, 0.15) is 12.2 Å². The Morgan fingerprint density at radius 1 is 1.35 bits per heavy atom. The average Bonchev–Trinajstić information content (AvgIpc) is 3.03. The van der Waals surface area contributed by atoms with Gasteiger partial charge < -0.3 is 14.8 Å². The molecule has 1 amide bonds. The van der Waals surface area contributed by atoms with Gasteiger partial charge in [0.2, 0.25) is 0 Å². The normalized spacial score (nSPS) is 16.7. The molecule has 1 fully saturated rings. The minimum absolute atomic E-state index is 0.189. The first-order valence-electron chi connectivity index (χ1n) is 8.40. The lowest BCUT2D eigenvalue weighted by Gasteiger charge is -2.31. The second-order valence-corrected chi connectivity index (χ2v) is 7.28. The summed E-state index contributed by atoms with van der Waals surface area (Å²) in [6, 6.07) is 0. The Morgan fingerprint density at radius 2 is 2.00 bits per heavy atom. The number of carbonyl (C=O) groups is 2. The number of amides is 1. The van der Waals surface area contributed by atoms with Crippen LogP contribution in [0.1, 0.15) is 67.6 Å². The Labute approximate surface area is 137 Å². The summed E-state index contributed by atoms with van der Waals surface area (Å²) in [5.41, 5.74) is 1.25. The van der Waals surface area contributed by atoms with Crippen molar-refractivity contribution in [1.29, 1.82) is 0 Å². The van der Waals surface area contributed by atoms with Gasteiger partial charge in [-0.2, -0.15) is 0 Å². The SMILES string of the molecule is Cc1coc(CC(=O)O)c1C(=O)NCC1(CC(C)C)CCCC1. The number of hydrogen-bond acceptors (Lipinski definition) is 3. The summed E-state index contributed by atoms with van der Waals surface area (Å²) in [6.07, 6.45) is 7.03. The fourth-order valence-corrected chi connectivity index (χ4v) is 3.87. The molecule has 0 bridgehead atoms. The van der Waals surface area contributed by atoms with Crippen LogP contribution in [0.5, 0.6) is 0 Å². The van der Waals surface area contributed by atoms with Crippen molar-refractivity contribution < 1.29 is 19.1 Å². The summed E-state index contributed by atoms with van der Waals surface area (Å²) in [6.45, 7) is 6.85. The standard InChI is InChI=1S/C18H27NO4/c1-12(2)9-18(6-4-5-7-18)11-19-17(22)16-13(3)10-23-14(16)8-15(20)21/h10,12H,4-9,11H2,1-3H3,(H,19,22)(H,20,21). The van der Waals surface area contributed by atoms with Crippen molar-refractivity contribution >= 4 is 11.9 Å². The van der Waals surface area contributed by atoms with Crippen LogP contribution in [0.4, 0.5) is 0 Å². The number of furan rings is 1. The summed E-state index contributed by atoms with van der Waals surface area (Å²) < 4.78 is 5.25. The number of carboxylic acids is 1. The zero-order valence-electron chi connectivity index (χ0n) is 14.3. The molecule has 1 aromatic heterocycles. The maximum atomic E-state index is 12.5. The molecule has 0 unspecified atom stereocenters. The smallest absolute Gasteiger partial charge is 0.311 e. The van der Waals surface area contributed by atoms with E-state index in [1.807, 2.05) is 0 Å². The third-order valence-electron chi connectivity index (χ3n) is 4.72. The predicted molar refractivity (Wildman–Crippen MR) is 87.5 cm³/mol. The van der Waals surface area contributed by atoms with Gasteiger partial charge in [0, 0.05) is 12.1 Å². The summed E-state index contributed by atoms with van der Waals surface area (Å²) in [7, 11) is 0. The number of hydrogen-bond donors (Lipinski definition) is 2. The lowest BCUT2D eigenvalue weighted by molar-refractivity contribution is -0.136. The number of nitrogens with one attached hydrogen (secondary N) is 1. The zero-order chi connectivity index (χ0) is 17.0. The lowest BCUT2D eigenvalue weighted by atomic mass is 9.78. The van der Waals surface area contributed by atoms with E-state index in [4.69, 9.17) is 9.52 Å². The van der Waals surface area contributed by atoms with Crippen LogP contribution in [0.25, 0.3) is 0 Å². The molecule has 5 nitrogen and oxygen atoms in total. The van der Waals surface area contributed by atoms with E-state index in [0.29, 0.717) is 23.6 Å². The van der Waals surface area contributed by atoms with Gasteiger partial charge in [-0.15, -0.1) is 0 Å². The summed E-state index contributed by atoms with van der Waals surface area (Å²) >= 11 is 0. The van der Waals surface area contributed by atoms with Crippen LogP contribution in [-0.4, -0.2) is 23.5 Å². The van der Waals surface area contributed by atoms with Gasteiger partial charge in [0.15, 0.2) is 0 Å². The van der Waals surface area contributed by atoms with E-state index >= 15 is 0 Å². The molecule has 1 heterocycles. The first-order chi connectivity index (χ1) is 10.8. The van der Waals surface area contributed by atoms with Crippen molar-refractivity contribution in [2.75, 3.05) is 6.54 Å². The molecular formula is C18H27NO4. The highest BCUT2D eigenvalue weighted by Crippen LogP contribution is 2.42. The maximum absolute atomic E-state index is 12.5. The molecule has 0 spiro atoms. The number of carboxylic acid groups (broad SMARTS) is 1. The van der Waals surface area contributed by atoms with Gasteiger partial charge in [-0.05, 0) is 37.5 Å². The molecule has 5 heteroatoms. The van der Waals surface area contributed by atoms with E-state index in [-0.39, 0.29) is 23.5 Å². The van der Waals surface area contributed by atoms with Gasteiger partial charge in [0.05, 0.1) is 11.8 Å². The predicted octanol–water partition coefficient (Wildman–Crippen LogP) is 3.55. The van der Waals surface area contributed by atoms with Crippen LogP contribution < -0.4 is 5.32 Å². The summed E-state index contributed by atoms with van der Waals surface area (Å²) in [5, 5.41) is 12.0. The van der Waals surface area contributed by atoms with Crippen molar-refractivity contribution in [3.05, 3.63) is 23.2 Å². The van der Waals surface area contributed by atoms with Crippen LogP contribution in [0.3, 0.4) is 0 Å². The topological polar surface area (TPSA) is 79.5 Å². The molecule has 2 N–H and O–H groups in total. The van der Waals surface area contributed by atoms with Gasteiger partial charge in [-0.3, -0.25) is 9.59 Å². The number of carbonyl (C=O) groups excluding carboxylic acids is 1. The second kappa shape index (κ2) is 7.20. The molecule has 0 aliphatic heterocycles. The monoisotopic (exact) mass is 321 g/mol. The fourth-order valence-electron chi connectivity index (χ4n) is 3.87. The maximum Gasteiger partial charge on any atom is 0.311 e. The third kappa shape index (κ3) is 4.36. The highest BCUT2D eigenvalue weighted by Gasteiger charge is 2.35. The minimum Gasteiger partial charge on any atom is -0.481 e. The zero-order valence-corrected chi connectivity index (χ0v) is 14.3. The lowest BCUT2D eigenvalue weighted by Crippen LogP contribution is -2.37. The van der Waals surface area contributed by atoms with Crippen molar-refractivity contribution in [2.45, 2.75) is 59.3 Å². The van der Waals surface area contributed by atoms with Crippen LogP contribution in [0.2, 0.25) is 0 Å². The average molecular weight is 321 g/mol. The summed E-state index contributed by atoms with van der Waals surface area (Å²) in [5.74, 6) is -0.386. The van der Waals surface area contributed by atoms with Gasteiger partial charge in [-0.1, -0.05) is 26.7 Å². The Balaban J connectivity index is 2.07. The molecule has 0 saturated heterocycles. The van der Waals surface area contributed by atoms with E-state index in [1.54, 1.807) is 6.92 Å². The van der Waals surface area contributed by atoms with Gasteiger partial charge in [0.25, 0.3) is 5.91 Å². The Hall–Kier alpha value is -1.78. The molecule has 1 saturated carbocycles. The Kier molecular flexibility index (Phi) is 5.50. The van der Waals surface area contributed by atoms with Gasteiger partial charge in [-0.25, -0.2) is 0 Å². The van der Waals surface area contributed by atoms with E-state index < -0.39 is 5.97 Å². The molecule has 1 aliphatic carbocycles. The molecule has 1 aliphatic rings. The van der Waals surface area contributed by atoms with E-state index in [1.165, 1.54) is 19.1 Å². The first kappa shape index (κ1) is 17.6. The molecule has 23 heavy (non-hydrogen) atoms. The Bertz CT molecular complexity index is 568. The highest BCUT2D eigenvalue weighted by atomic mass is 16.4. The van der Waals surface area contributed by atoms with E-state index in [0.717, 1.165) is 19.3 Å². The van der Waals surface area contributed by atoms with Crippen LogP contribution in [-0.2, 0) is 11.2 Å². The second-order valence-electron chi connectivity index (χ2n) is 7.28. The van der Waals surface area contributed by atoms with Crippen molar-refractivity contribution in [3.8, 4) is 0 Å². The van der Waals surface area contributed by atoms with Crippen molar-refractivity contribution in [2.24, 2.45) is 11.3 Å². The molecular weight excluding hydrogens is 294 g/mol. The van der Waals surface area contributed by atoms with E-state index in [2.05, 4.69) is 19.2 Å². The van der Waals surface area contributed by atoms with Gasteiger partial charge >= 0.3 is 5.97 Å². The highest BCUT2D eigenvalue weighted by molar-refractivity contribution is 5.97. The Morgan fingerprint density at radius 3 is 2.57 bits per heavy atom. The number of aliphatic carboxylic acids is 1. The van der Waals surface area contributed by atoms with Crippen LogP contribution in [0, 0.1) is 18.3 Å². The van der Waals surface area contributed by atoms with Crippen LogP contribution in [0.15, 0.2) is 10.7 Å². The molecule has 0 atom stereocenters. The molecule has 1 aromatic rings. The van der Waals surface area contributed by atoms with Crippen molar-refractivity contribution in [3.63, 3.8) is 0 Å². The van der Waals surface area contributed by atoms with E-state index in [9.17, 15) is 9.59 Å². The third-order valence-corrected chi connectivity index (χ3v) is 4.72. The molecule has 0 aromatic carbocycles. The largest absolute Gasteiger partial charge is 0.481 e. The fraction of sp³-hybridized carbons (Fsp3) is 0.667. The van der Waals surface area contributed by atoms with Crippen molar-refractivity contribution in [1.82, 2.24) is 5.32 Å². The number of aryl methyl sites for hydroxylation is 1. The molecule has 0 radical (unpaired) electrons. The van der Waals surface area contributed by atoms with Crippen LogP contribution >= 0.6 is 0 Å². The quantitative estimate of drug-likeness (QED) is 0.805. The first-order valence-corrected chi connectivity index (χ1v) is 8.40. The summed E-state index contributed by atoms with van der Waals surface area (Å²) in [4.78, 5) is 23.5. The number of rotatable bonds is 7. The minimum atomic E-state index is -1.000. The molecule has 2 rings (SSSR count). The molecule has 128 valence electrons.